The minimum Gasteiger partial charge on any atom is -0.399 e. The predicted octanol–water partition coefficient (Wildman–Crippen LogP) is 2.94. The topological polar surface area (TPSA) is 68.0 Å². The molecule has 4 nitrogen and oxygen atoms in total. The molecule has 0 saturated heterocycles. The van der Waals surface area contributed by atoms with Crippen molar-refractivity contribution in [2.45, 2.75) is 19.3 Å². The molecule has 0 fully saturated rings. The van der Waals surface area contributed by atoms with Crippen LogP contribution in [0.1, 0.15) is 24.8 Å². The largest absolute Gasteiger partial charge is 0.399 e. The van der Waals surface area contributed by atoms with Gasteiger partial charge in [0.1, 0.15) is 0 Å². The fraction of sp³-hybridized carbons (Fsp3) is 0.200. The fourth-order valence-electron chi connectivity index (χ4n) is 1.88. The molecule has 0 saturated carbocycles. The summed E-state index contributed by atoms with van der Waals surface area (Å²) in [5.74, 6) is -0.634. The molecule has 0 aliphatic rings. The van der Waals surface area contributed by atoms with Gasteiger partial charge in [-0.25, -0.2) is 4.98 Å². The average Bonchev–Trinajstić information content (AvgIpc) is 2.42. The number of nitrogens with two attached hydrogens (primary N) is 1. The Bertz CT molecular complexity index is 581. The minimum absolute atomic E-state index is 0.0732. The Hall–Kier alpha value is -2.43. The van der Waals surface area contributed by atoms with Crippen LogP contribution in [0, 0.1) is 5.95 Å². The van der Waals surface area contributed by atoms with Gasteiger partial charge in [-0.05, 0) is 35.7 Å². The van der Waals surface area contributed by atoms with Crippen LogP contribution in [0.3, 0.4) is 0 Å². The molecule has 2 rings (SSSR count). The summed E-state index contributed by atoms with van der Waals surface area (Å²) >= 11 is 0. The summed E-state index contributed by atoms with van der Waals surface area (Å²) in [4.78, 5) is 15.4. The predicted molar refractivity (Wildman–Crippen MR) is 76.7 cm³/mol. The zero-order valence-corrected chi connectivity index (χ0v) is 11.1. The number of halogens is 1. The van der Waals surface area contributed by atoms with Crippen LogP contribution >= 0.6 is 0 Å². The second-order valence-electron chi connectivity index (χ2n) is 4.69. The van der Waals surface area contributed by atoms with Gasteiger partial charge in [-0.1, -0.05) is 19.1 Å². The van der Waals surface area contributed by atoms with Gasteiger partial charge in [0.15, 0.2) is 0 Å². The van der Waals surface area contributed by atoms with Crippen LogP contribution in [0.2, 0.25) is 0 Å². The molecule has 3 N–H and O–H groups in total. The number of amides is 1. The van der Waals surface area contributed by atoms with Crippen molar-refractivity contribution in [3.05, 3.63) is 54.1 Å². The van der Waals surface area contributed by atoms with Crippen molar-refractivity contribution in [2.75, 3.05) is 11.1 Å². The highest BCUT2D eigenvalue weighted by Crippen LogP contribution is 2.20. The number of pyridine rings is 1. The van der Waals surface area contributed by atoms with E-state index in [0.717, 1.165) is 5.56 Å². The van der Waals surface area contributed by atoms with Crippen LogP contribution in [-0.4, -0.2) is 10.9 Å². The lowest BCUT2D eigenvalue weighted by molar-refractivity contribution is -0.116. The number of nitrogens with one attached hydrogen (secondary N) is 1. The van der Waals surface area contributed by atoms with Gasteiger partial charge in [-0.15, -0.1) is 0 Å². The first-order chi connectivity index (χ1) is 9.54. The maximum atomic E-state index is 12.7. The van der Waals surface area contributed by atoms with Crippen molar-refractivity contribution in [3.8, 4) is 0 Å². The molecule has 0 spiro atoms. The number of benzene rings is 1. The number of hydrogen-bond donors (Lipinski definition) is 2. The smallest absolute Gasteiger partial charge is 0.225 e. The van der Waals surface area contributed by atoms with Crippen LogP contribution in [0.4, 0.5) is 15.8 Å². The van der Waals surface area contributed by atoms with Crippen molar-refractivity contribution >= 4 is 17.3 Å². The summed E-state index contributed by atoms with van der Waals surface area (Å²) in [5.41, 5.74) is 7.86. The summed E-state index contributed by atoms with van der Waals surface area (Å²) in [7, 11) is 0. The Morgan fingerprint density at radius 2 is 2.00 bits per heavy atom. The van der Waals surface area contributed by atoms with E-state index in [-0.39, 0.29) is 11.8 Å². The highest BCUT2D eigenvalue weighted by molar-refractivity contribution is 5.91. The van der Waals surface area contributed by atoms with Crippen LogP contribution in [-0.2, 0) is 4.79 Å². The van der Waals surface area contributed by atoms with E-state index < -0.39 is 5.95 Å². The van der Waals surface area contributed by atoms with E-state index in [4.69, 9.17) is 5.73 Å². The number of hydrogen-bond acceptors (Lipinski definition) is 3. The summed E-state index contributed by atoms with van der Waals surface area (Å²) in [5, 5.41) is 2.69. The number of aromatic nitrogens is 1. The monoisotopic (exact) mass is 273 g/mol. The molecular formula is C15H16FN3O. The quantitative estimate of drug-likeness (QED) is 0.664. The summed E-state index contributed by atoms with van der Waals surface area (Å²) in [6, 6.07) is 10.1. The number of anilines is 2. The maximum absolute atomic E-state index is 12.7. The highest BCUT2D eigenvalue weighted by Gasteiger charge is 2.11. The first-order valence-corrected chi connectivity index (χ1v) is 6.31. The van der Waals surface area contributed by atoms with Gasteiger partial charge in [0, 0.05) is 12.1 Å². The Morgan fingerprint density at radius 1 is 1.30 bits per heavy atom. The number of nitrogen functional groups attached to an aromatic ring is 1. The molecule has 1 aromatic carbocycles. The van der Waals surface area contributed by atoms with E-state index in [2.05, 4.69) is 10.3 Å². The normalized spacial score (nSPS) is 11.9. The Labute approximate surface area is 116 Å². The number of carbonyl (C=O) groups is 1. The van der Waals surface area contributed by atoms with Crippen molar-refractivity contribution in [1.29, 1.82) is 0 Å². The molecule has 0 radical (unpaired) electrons. The van der Waals surface area contributed by atoms with Crippen molar-refractivity contribution in [3.63, 3.8) is 0 Å². The Kier molecular flexibility index (Phi) is 4.30. The number of rotatable bonds is 4. The molecule has 20 heavy (non-hydrogen) atoms. The fourth-order valence-corrected chi connectivity index (χ4v) is 1.88. The zero-order valence-electron chi connectivity index (χ0n) is 11.1. The highest BCUT2D eigenvalue weighted by atomic mass is 19.1. The molecule has 1 heterocycles. The van der Waals surface area contributed by atoms with E-state index in [1.54, 1.807) is 0 Å². The first-order valence-electron chi connectivity index (χ1n) is 6.31. The SMILES string of the molecule is CC(CC(=O)Nc1ccc(F)nc1)c1ccc(N)cc1. The lowest BCUT2D eigenvalue weighted by Crippen LogP contribution is -2.14. The third-order valence-corrected chi connectivity index (χ3v) is 3.01. The molecule has 0 aliphatic heterocycles. The van der Waals surface area contributed by atoms with Crippen molar-refractivity contribution in [2.24, 2.45) is 0 Å². The van der Waals surface area contributed by atoms with Crippen molar-refractivity contribution in [1.82, 2.24) is 4.98 Å². The van der Waals surface area contributed by atoms with E-state index >= 15 is 0 Å². The van der Waals surface area contributed by atoms with Crippen molar-refractivity contribution < 1.29 is 9.18 Å². The maximum Gasteiger partial charge on any atom is 0.225 e. The minimum atomic E-state index is -0.571. The second-order valence-corrected chi connectivity index (χ2v) is 4.69. The van der Waals surface area contributed by atoms with Gasteiger partial charge in [0.05, 0.1) is 11.9 Å². The van der Waals surface area contributed by atoms with E-state index in [0.29, 0.717) is 17.8 Å². The lowest BCUT2D eigenvalue weighted by Gasteiger charge is -2.12. The molecule has 1 aromatic heterocycles. The third kappa shape index (κ3) is 3.78. The van der Waals surface area contributed by atoms with Crippen LogP contribution < -0.4 is 11.1 Å². The summed E-state index contributed by atoms with van der Waals surface area (Å²) in [6.07, 6.45) is 1.63. The molecule has 1 amide bonds. The van der Waals surface area contributed by atoms with Gasteiger partial charge in [-0.2, -0.15) is 4.39 Å². The average molecular weight is 273 g/mol. The van der Waals surface area contributed by atoms with E-state index in [1.807, 2.05) is 31.2 Å². The molecule has 2 aromatic rings. The van der Waals surface area contributed by atoms with Gasteiger partial charge < -0.3 is 11.1 Å². The molecule has 0 bridgehead atoms. The lowest BCUT2D eigenvalue weighted by atomic mass is 9.97. The molecule has 0 aliphatic carbocycles. The van der Waals surface area contributed by atoms with Gasteiger partial charge in [-0.3, -0.25) is 4.79 Å². The molecule has 1 unspecified atom stereocenters. The molecule has 1 atom stereocenters. The Morgan fingerprint density at radius 3 is 2.60 bits per heavy atom. The second kappa shape index (κ2) is 6.14. The third-order valence-electron chi connectivity index (χ3n) is 3.01. The Balaban J connectivity index is 1.93. The van der Waals surface area contributed by atoms with E-state index in [1.165, 1.54) is 18.3 Å². The van der Waals surface area contributed by atoms with E-state index in [9.17, 15) is 9.18 Å². The zero-order chi connectivity index (χ0) is 14.5. The van der Waals surface area contributed by atoms with Crippen LogP contribution in [0.15, 0.2) is 42.6 Å². The van der Waals surface area contributed by atoms with Gasteiger partial charge in [0.2, 0.25) is 11.9 Å². The first kappa shape index (κ1) is 14.0. The number of nitrogens with zero attached hydrogens (tertiary/aromatic N) is 1. The van der Waals surface area contributed by atoms with Gasteiger partial charge in [0.25, 0.3) is 0 Å². The standard InChI is InChI=1S/C15H16FN3O/c1-10(11-2-4-12(17)5-3-11)8-15(20)19-13-6-7-14(16)18-9-13/h2-7,9-10H,8,17H2,1H3,(H,19,20). The van der Waals surface area contributed by atoms with Crippen LogP contribution in [0.25, 0.3) is 0 Å². The molecule has 5 heteroatoms. The molecular weight excluding hydrogens is 257 g/mol. The summed E-state index contributed by atoms with van der Waals surface area (Å²) < 4.78 is 12.7. The van der Waals surface area contributed by atoms with Gasteiger partial charge >= 0.3 is 0 Å². The summed E-state index contributed by atoms with van der Waals surface area (Å²) in [6.45, 7) is 1.97. The number of carbonyl (C=O) groups excluding carboxylic acids is 1. The van der Waals surface area contributed by atoms with Crippen LogP contribution in [0.5, 0.6) is 0 Å². The molecule has 104 valence electrons.